The van der Waals surface area contributed by atoms with Crippen molar-refractivity contribution < 1.29 is 30.8 Å². The van der Waals surface area contributed by atoms with Crippen molar-refractivity contribution >= 4 is 21.4 Å². The minimum absolute atomic E-state index is 0.0810. The predicted octanol–water partition coefficient (Wildman–Crippen LogP) is 2.62. The number of halogens is 3. The highest BCUT2D eigenvalue weighted by Crippen LogP contribution is 2.32. The lowest BCUT2D eigenvalue weighted by Gasteiger charge is -2.19. The van der Waals surface area contributed by atoms with E-state index in [0.717, 1.165) is 11.3 Å². The van der Waals surface area contributed by atoms with Gasteiger partial charge in [0.25, 0.3) is 0 Å². The number of methoxy groups -OCH3 is 1. The summed E-state index contributed by atoms with van der Waals surface area (Å²) in [6.07, 6.45) is -4.71. The third-order valence-corrected chi connectivity index (χ3v) is 6.10. The van der Waals surface area contributed by atoms with Crippen LogP contribution in [0.4, 0.5) is 13.2 Å². The van der Waals surface area contributed by atoms with Gasteiger partial charge in [-0.05, 0) is 12.1 Å². The Bertz CT molecular complexity index is 802. The Balaban J connectivity index is 2.14. The van der Waals surface area contributed by atoms with Crippen LogP contribution < -0.4 is 0 Å². The largest absolute Gasteiger partial charge is 0.471 e. The average molecular weight is 399 g/mol. The van der Waals surface area contributed by atoms with Crippen molar-refractivity contribution in [2.45, 2.75) is 19.6 Å². The Morgan fingerprint density at radius 1 is 1.36 bits per heavy atom. The van der Waals surface area contributed by atoms with E-state index in [9.17, 15) is 21.6 Å². The van der Waals surface area contributed by atoms with Crippen molar-refractivity contribution in [3.8, 4) is 10.7 Å². The van der Waals surface area contributed by atoms with Gasteiger partial charge in [-0.15, -0.1) is 11.3 Å². The molecule has 7 nitrogen and oxygen atoms in total. The van der Waals surface area contributed by atoms with Crippen molar-refractivity contribution in [2.24, 2.45) is 0 Å². The van der Waals surface area contributed by atoms with Crippen LogP contribution in [0.15, 0.2) is 16.7 Å². The molecule has 0 aliphatic rings. The first-order valence-electron chi connectivity index (χ1n) is 7.14. The van der Waals surface area contributed by atoms with Gasteiger partial charge < -0.3 is 9.26 Å². The average Bonchev–Trinajstić information content (AvgIpc) is 3.18. The van der Waals surface area contributed by atoms with Crippen LogP contribution in [-0.4, -0.2) is 48.9 Å². The Morgan fingerprint density at radius 3 is 2.64 bits per heavy atom. The van der Waals surface area contributed by atoms with E-state index in [4.69, 9.17) is 4.74 Å². The van der Waals surface area contributed by atoms with Crippen LogP contribution in [0.1, 0.15) is 17.7 Å². The smallest absolute Gasteiger partial charge is 0.384 e. The molecule has 0 spiro atoms. The summed E-state index contributed by atoms with van der Waals surface area (Å²) in [5, 5.41) is 3.31. The number of aromatic nitrogens is 2. The van der Waals surface area contributed by atoms with E-state index in [-0.39, 0.29) is 31.3 Å². The fourth-order valence-corrected chi connectivity index (χ4v) is 4.32. The van der Waals surface area contributed by atoms with Crippen molar-refractivity contribution in [1.82, 2.24) is 14.4 Å². The van der Waals surface area contributed by atoms with E-state index < -0.39 is 22.1 Å². The molecule has 2 heterocycles. The van der Waals surface area contributed by atoms with Gasteiger partial charge >= 0.3 is 12.1 Å². The lowest BCUT2D eigenvalue weighted by molar-refractivity contribution is -0.159. The molecule has 2 rings (SSSR count). The number of ether oxygens (including phenoxy) is 1. The predicted molar refractivity (Wildman–Crippen MR) is 84.4 cm³/mol. The van der Waals surface area contributed by atoms with Gasteiger partial charge in [-0.2, -0.15) is 22.5 Å². The maximum absolute atomic E-state index is 12.5. The van der Waals surface area contributed by atoms with Crippen LogP contribution in [0.3, 0.4) is 0 Å². The zero-order valence-corrected chi connectivity index (χ0v) is 15.0. The SMILES string of the molecule is CCN(Cc1ccc(-c2noc(C(F)(F)F)n2)s1)S(=O)(=O)CCOC. The van der Waals surface area contributed by atoms with Gasteiger partial charge in [0.2, 0.25) is 15.8 Å². The highest BCUT2D eigenvalue weighted by atomic mass is 32.2. The summed E-state index contributed by atoms with van der Waals surface area (Å²) in [7, 11) is -2.07. The Labute approximate surface area is 146 Å². The van der Waals surface area contributed by atoms with Crippen LogP contribution in [0.25, 0.3) is 10.7 Å². The molecule has 25 heavy (non-hydrogen) atoms. The molecule has 0 amide bonds. The first kappa shape index (κ1) is 19.8. The van der Waals surface area contributed by atoms with Crippen molar-refractivity contribution in [1.29, 1.82) is 0 Å². The Kier molecular flexibility index (Phi) is 6.19. The fourth-order valence-electron chi connectivity index (χ4n) is 1.92. The summed E-state index contributed by atoms with van der Waals surface area (Å²) in [6, 6.07) is 3.15. The van der Waals surface area contributed by atoms with Crippen molar-refractivity contribution in [3.05, 3.63) is 22.9 Å². The number of hydrogen-bond donors (Lipinski definition) is 0. The van der Waals surface area contributed by atoms with Gasteiger partial charge in [0.15, 0.2) is 0 Å². The van der Waals surface area contributed by atoms with Crippen molar-refractivity contribution in [2.75, 3.05) is 26.0 Å². The summed E-state index contributed by atoms with van der Waals surface area (Å²) in [5.74, 6) is -1.75. The van der Waals surface area contributed by atoms with E-state index in [1.54, 1.807) is 13.0 Å². The summed E-state index contributed by atoms with van der Waals surface area (Å²) < 4.78 is 72.2. The quantitative estimate of drug-likeness (QED) is 0.678. The molecule has 0 bridgehead atoms. The van der Waals surface area contributed by atoms with Crippen LogP contribution in [0, 0.1) is 0 Å². The fraction of sp³-hybridized carbons (Fsp3) is 0.538. The number of rotatable bonds is 8. The maximum atomic E-state index is 12.5. The van der Waals surface area contributed by atoms with Gasteiger partial charge in [0.05, 0.1) is 17.2 Å². The Morgan fingerprint density at radius 2 is 2.08 bits per heavy atom. The normalized spacial score (nSPS) is 12.9. The number of sulfonamides is 1. The van der Waals surface area contributed by atoms with Crippen LogP contribution in [-0.2, 0) is 27.5 Å². The maximum Gasteiger partial charge on any atom is 0.471 e. The molecule has 2 aromatic rings. The molecule has 0 aromatic carbocycles. The van der Waals surface area contributed by atoms with Gasteiger partial charge in [-0.25, -0.2) is 8.42 Å². The molecule has 0 N–H and O–H groups in total. The summed E-state index contributed by atoms with van der Waals surface area (Å²) >= 11 is 1.10. The van der Waals surface area contributed by atoms with E-state index in [1.165, 1.54) is 17.5 Å². The standard InChI is InChI=1S/C13H16F3N3O4S2/c1-3-19(25(20,21)7-6-22-2)8-9-4-5-10(24-9)11-17-12(23-18-11)13(14,15)16/h4-5H,3,6-8H2,1-2H3. The second kappa shape index (κ2) is 7.81. The molecule has 0 aliphatic carbocycles. The van der Waals surface area contributed by atoms with Gasteiger partial charge in [-0.1, -0.05) is 12.1 Å². The molecule has 0 saturated heterocycles. The Hall–Kier alpha value is -1.50. The second-order valence-electron chi connectivity index (χ2n) is 4.92. The molecular formula is C13H16F3N3O4S2. The second-order valence-corrected chi connectivity index (χ2v) is 8.18. The third kappa shape index (κ3) is 5.00. The highest BCUT2D eigenvalue weighted by Gasteiger charge is 2.38. The molecule has 0 saturated carbocycles. The summed E-state index contributed by atoms with van der Waals surface area (Å²) in [5.41, 5.74) is 0. The van der Waals surface area contributed by atoms with E-state index in [0.29, 0.717) is 9.75 Å². The zero-order chi connectivity index (χ0) is 18.7. The zero-order valence-electron chi connectivity index (χ0n) is 13.4. The molecule has 0 fully saturated rings. The molecule has 0 aliphatic heterocycles. The lowest BCUT2D eigenvalue weighted by atomic mass is 10.4. The molecule has 0 radical (unpaired) electrons. The van der Waals surface area contributed by atoms with Crippen LogP contribution in [0.2, 0.25) is 0 Å². The van der Waals surface area contributed by atoms with Crippen molar-refractivity contribution in [3.63, 3.8) is 0 Å². The van der Waals surface area contributed by atoms with E-state index in [2.05, 4.69) is 14.7 Å². The summed E-state index contributed by atoms with van der Waals surface area (Å²) in [4.78, 5) is 4.32. The number of hydrogen-bond acceptors (Lipinski definition) is 7. The first-order valence-corrected chi connectivity index (χ1v) is 9.56. The molecular weight excluding hydrogens is 383 g/mol. The number of thiophene rings is 1. The van der Waals surface area contributed by atoms with Gasteiger partial charge in [0, 0.05) is 25.1 Å². The third-order valence-electron chi connectivity index (χ3n) is 3.17. The molecule has 2 aromatic heterocycles. The minimum Gasteiger partial charge on any atom is -0.384 e. The van der Waals surface area contributed by atoms with E-state index in [1.807, 2.05) is 0 Å². The minimum atomic E-state index is -4.71. The highest BCUT2D eigenvalue weighted by molar-refractivity contribution is 7.89. The summed E-state index contributed by atoms with van der Waals surface area (Å²) in [6.45, 7) is 2.15. The lowest BCUT2D eigenvalue weighted by Crippen LogP contribution is -2.33. The van der Waals surface area contributed by atoms with Crippen LogP contribution >= 0.6 is 11.3 Å². The molecule has 0 unspecified atom stereocenters. The van der Waals surface area contributed by atoms with E-state index >= 15 is 0 Å². The topological polar surface area (TPSA) is 85.5 Å². The van der Waals surface area contributed by atoms with Crippen LogP contribution in [0.5, 0.6) is 0 Å². The number of nitrogens with zero attached hydrogens (tertiary/aromatic N) is 3. The molecule has 140 valence electrons. The number of alkyl halides is 3. The van der Waals surface area contributed by atoms with Gasteiger partial charge in [0.1, 0.15) is 0 Å². The molecule has 0 atom stereocenters. The van der Waals surface area contributed by atoms with Gasteiger partial charge in [-0.3, -0.25) is 0 Å². The molecule has 12 heteroatoms. The first-order chi connectivity index (χ1) is 11.7. The monoisotopic (exact) mass is 399 g/mol.